The second-order valence-corrected chi connectivity index (χ2v) is 9.39. The van der Waals surface area contributed by atoms with E-state index >= 15 is 0 Å². The number of fused-ring (bicyclic) bond motifs is 1. The van der Waals surface area contributed by atoms with Crippen LogP contribution < -0.4 is 21.5 Å². The van der Waals surface area contributed by atoms with Crippen LogP contribution in [0.4, 0.5) is 21.7 Å². The number of alkyl halides is 1. The van der Waals surface area contributed by atoms with Gasteiger partial charge in [0.1, 0.15) is 29.1 Å². The Kier molecular flexibility index (Phi) is 5.51. The molecule has 2 aliphatic carbocycles. The summed E-state index contributed by atoms with van der Waals surface area (Å²) in [5.74, 6) is 0.483. The average Bonchev–Trinajstić information content (AvgIpc) is 3.32. The summed E-state index contributed by atoms with van der Waals surface area (Å²) < 4.78 is 16.4. The third-order valence-corrected chi connectivity index (χ3v) is 6.66. The van der Waals surface area contributed by atoms with Gasteiger partial charge in [0.25, 0.3) is 11.5 Å². The summed E-state index contributed by atoms with van der Waals surface area (Å²) in [6.07, 6.45) is 5.18. The summed E-state index contributed by atoms with van der Waals surface area (Å²) in [6.45, 7) is 1.83. The van der Waals surface area contributed by atoms with E-state index in [0.717, 1.165) is 12.8 Å². The highest BCUT2D eigenvalue weighted by atomic mass is 19.1. The third-order valence-electron chi connectivity index (χ3n) is 6.66. The number of carbonyl (C=O) groups excluding carboxylic acids is 1. The van der Waals surface area contributed by atoms with Crippen molar-refractivity contribution >= 4 is 28.9 Å². The van der Waals surface area contributed by atoms with Crippen molar-refractivity contribution in [2.75, 3.05) is 17.7 Å². The van der Waals surface area contributed by atoms with Crippen molar-refractivity contribution in [3.8, 4) is 0 Å². The van der Waals surface area contributed by atoms with Crippen molar-refractivity contribution in [2.45, 2.75) is 62.9 Å². The molecule has 2 atom stereocenters. The van der Waals surface area contributed by atoms with Crippen LogP contribution >= 0.6 is 0 Å². The highest BCUT2D eigenvalue weighted by Crippen LogP contribution is 2.34. The molecule has 0 unspecified atom stereocenters. The molecule has 3 heterocycles. The summed E-state index contributed by atoms with van der Waals surface area (Å²) >= 11 is 0. The topological polar surface area (TPSA) is 126 Å². The summed E-state index contributed by atoms with van der Waals surface area (Å²) in [7, 11) is 1.71. The summed E-state index contributed by atoms with van der Waals surface area (Å²) in [6, 6.07) is 4.72. The fraction of sp³-hybridized carbons (Fsp3) is 0.478. The van der Waals surface area contributed by atoms with Gasteiger partial charge in [-0.2, -0.15) is 9.61 Å². The van der Waals surface area contributed by atoms with Crippen molar-refractivity contribution in [3.05, 3.63) is 46.5 Å². The van der Waals surface area contributed by atoms with Gasteiger partial charge in [-0.05, 0) is 44.7 Å². The molecule has 0 saturated heterocycles. The predicted octanol–water partition coefficient (Wildman–Crippen LogP) is 2.38. The molecule has 4 N–H and O–H groups in total. The minimum atomic E-state index is -1.01. The quantitative estimate of drug-likeness (QED) is 0.437. The molecular weight excluding hydrogens is 441 g/mol. The molecule has 3 aromatic heterocycles. The van der Waals surface area contributed by atoms with Crippen molar-refractivity contribution in [2.24, 2.45) is 0 Å². The van der Waals surface area contributed by atoms with Crippen molar-refractivity contribution in [3.63, 3.8) is 0 Å². The molecule has 10 nitrogen and oxygen atoms in total. The lowest BCUT2D eigenvalue weighted by molar-refractivity contribution is 0.00956. The van der Waals surface area contributed by atoms with E-state index in [1.807, 2.05) is 6.92 Å². The lowest BCUT2D eigenvalue weighted by atomic mass is 9.83. The van der Waals surface area contributed by atoms with Crippen LogP contribution in [0.2, 0.25) is 0 Å². The second-order valence-electron chi connectivity index (χ2n) is 9.39. The first-order valence-electron chi connectivity index (χ1n) is 11.5. The largest absolute Gasteiger partial charge is 0.390 e. The molecule has 0 aliphatic heterocycles. The zero-order chi connectivity index (χ0) is 24.0. The van der Waals surface area contributed by atoms with E-state index < -0.39 is 23.7 Å². The molecule has 1 amide bonds. The number of halogens is 1. The second kappa shape index (κ2) is 8.39. The van der Waals surface area contributed by atoms with Gasteiger partial charge in [-0.1, -0.05) is 0 Å². The van der Waals surface area contributed by atoms with E-state index in [0.29, 0.717) is 36.6 Å². The van der Waals surface area contributed by atoms with Crippen molar-refractivity contribution in [1.82, 2.24) is 24.5 Å². The van der Waals surface area contributed by atoms with Crippen LogP contribution in [0.25, 0.3) is 5.65 Å². The van der Waals surface area contributed by atoms with Crippen LogP contribution in [0.3, 0.4) is 0 Å². The Balaban J connectivity index is 1.44. The Morgan fingerprint density at radius 1 is 1.32 bits per heavy atom. The van der Waals surface area contributed by atoms with E-state index in [1.54, 1.807) is 36.0 Å². The van der Waals surface area contributed by atoms with Gasteiger partial charge < -0.3 is 25.6 Å². The van der Waals surface area contributed by atoms with Crippen LogP contribution in [-0.4, -0.2) is 55.0 Å². The number of anilines is 3. The van der Waals surface area contributed by atoms with Gasteiger partial charge in [0, 0.05) is 31.8 Å². The van der Waals surface area contributed by atoms with Gasteiger partial charge in [0.05, 0.1) is 17.8 Å². The summed E-state index contributed by atoms with van der Waals surface area (Å²) in [5.41, 5.74) is -0.00953. The predicted molar refractivity (Wildman–Crippen MR) is 125 cm³/mol. The molecule has 0 bridgehead atoms. The van der Waals surface area contributed by atoms with Gasteiger partial charge >= 0.3 is 0 Å². The van der Waals surface area contributed by atoms with Gasteiger partial charge in [-0.3, -0.25) is 9.59 Å². The number of amides is 1. The van der Waals surface area contributed by atoms with Crippen LogP contribution in [0.15, 0.2) is 35.4 Å². The lowest BCUT2D eigenvalue weighted by Gasteiger charge is -2.34. The van der Waals surface area contributed by atoms with E-state index in [2.05, 4.69) is 26.0 Å². The molecule has 11 heteroatoms. The fourth-order valence-corrected chi connectivity index (χ4v) is 4.46. The highest BCUT2D eigenvalue weighted by molar-refractivity contribution is 6.00. The van der Waals surface area contributed by atoms with Crippen molar-refractivity contribution < 1.29 is 14.3 Å². The number of rotatable bonds is 6. The van der Waals surface area contributed by atoms with E-state index in [-0.39, 0.29) is 22.8 Å². The first kappa shape index (κ1) is 22.3. The Hall–Kier alpha value is -3.47. The standard InChI is InChI=1S/C23H28FN7O3/c1-23(34)7-5-13(6-8-23)30-9-3-4-16(22(30)33)27-18-11-19(25-2)31-20(29-18)14(12-26-31)21(32)28-17-10-15(17)24/h3-4,9,11-13,15,17,25,34H,5-8,10H2,1-2H3,(H,27,29)(H,28,32)/t13-,15-,17+,23+/m1/s1. The monoisotopic (exact) mass is 469 g/mol. The first-order valence-corrected chi connectivity index (χ1v) is 11.5. The number of nitrogens with one attached hydrogen (secondary N) is 3. The van der Waals surface area contributed by atoms with Crippen LogP contribution in [0, 0.1) is 0 Å². The number of pyridine rings is 1. The Morgan fingerprint density at radius 2 is 2.06 bits per heavy atom. The maximum absolute atomic E-state index is 13.2. The van der Waals surface area contributed by atoms with Gasteiger partial charge in [0.15, 0.2) is 5.65 Å². The number of hydrogen-bond acceptors (Lipinski definition) is 7. The highest BCUT2D eigenvalue weighted by Gasteiger charge is 2.39. The van der Waals surface area contributed by atoms with Crippen LogP contribution in [-0.2, 0) is 0 Å². The molecule has 2 saturated carbocycles. The maximum atomic E-state index is 13.2. The van der Waals surface area contributed by atoms with E-state index in [1.165, 1.54) is 10.7 Å². The van der Waals surface area contributed by atoms with Crippen molar-refractivity contribution in [1.29, 1.82) is 0 Å². The summed E-state index contributed by atoms with van der Waals surface area (Å²) in [4.78, 5) is 30.4. The Labute approximate surface area is 195 Å². The number of aromatic nitrogens is 4. The zero-order valence-corrected chi connectivity index (χ0v) is 19.1. The lowest BCUT2D eigenvalue weighted by Crippen LogP contribution is -2.35. The Bertz CT molecular complexity index is 1290. The Morgan fingerprint density at radius 3 is 2.74 bits per heavy atom. The number of hydrogen-bond donors (Lipinski definition) is 4. The molecule has 0 radical (unpaired) electrons. The molecule has 2 fully saturated rings. The molecule has 0 spiro atoms. The van der Waals surface area contributed by atoms with Crippen LogP contribution in [0.1, 0.15) is 55.4 Å². The molecule has 180 valence electrons. The van der Waals surface area contributed by atoms with Gasteiger partial charge in [-0.25, -0.2) is 9.37 Å². The molecule has 5 rings (SSSR count). The van der Waals surface area contributed by atoms with Gasteiger partial charge in [-0.15, -0.1) is 0 Å². The maximum Gasteiger partial charge on any atom is 0.274 e. The molecule has 0 aromatic carbocycles. The fourth-order valence-electron chi connectivity index (χ4n) is 4.46. The minimum absolute atomic E-state index is 0.0182. The van der Waals surface area contributed by atoms with Gasteiger partial charge in [0.2, 0.25) is 0 Å². The molecular formula is C23H28FN7O3. The zero-order valence-electron chi connectivity index (χ0n) is 19.1. The normalized spacial score (nSPS) is 26.3. The minimum Gasteiger partial charge on any atom is -0.390 e. The smallest absolute Gasteiger partial charge is 0.274 e. The molecule has 3 aromatic rings. The molecule has 34 heavy (non-hydrogen) atoms. The van der Waals surface area contributed by atoms with E-state index in [4.69, 9.17) is 0 Å². The third kappa shape index (κ3) is 4.23. The number of carbonyl (C=O) groups is 1. The SMILES string of the molecule is CNc1cc(Nc2cccn([C@H]3CC[C@@](C)(O)CC3)c2=O)nc2c(C(=O)N[C@H]3C[C@H]3F)cnn12. The molecule has 2 aliphatic rings. The number of nitrogens with zero attached hydrogens (tertiary/aromatic N) is 4. The first-order chi connectivity index (χ1) is 16.3. The van der Waals surface area contributed by atoms with Crippen LogP contribution in [0.5, 0.6) is 0 Å². The van der Waals surface area contributed by atoms with E-state index in [9.17, 15) is 19.1 Å². The average molecular weight is 470 g/mol. The number of aliphatic hydroxyl groups is 1. The summed E-state index contributed by atoms with van der Waals surface area (Å²) in [5, 5.41) is 23.2.